The van der Waals surface area contributed by atoms with Gasteiger partial charge in [0.25, 0.3) is 11.8 Å². The molecule has 0 spiro atoms. The summed E-state index contributed by atoms with van der Waals surface area (Å²) in [6.07, 6.45) is 2.22. The summed E-state index contributed by atoms with van der Waals surface area (Å²) in [5.74, 6) is 0.995. The number of carbonyl (C=O) groups excluding carboxylic acids is 1. The molecule has 2 saturated heterocycles. The first-order valence-corrected chi connectivity index (χ1v) is 9.04. The van der Waals surface area contributed by atoms with Gasteiger partial charge in [0.05, 0.1) is 6.04 Å². The lowest BCUT2D eigenvalue weighted by atomic mass is 10.1. The molecular weight excluding hydrogens is 346 g/mol. The zero-order valence-electron chi connectivity index (χ0n) is 15.3. The Balaban J connectivity index is 1.51. The smallest absolute Gasteiger partial charge is 0.266 e. The minimum absolute atomic E-state index is 0.385. The van der Waals surface area contributed by atoms with Crippen LogP contribution in [-0.4, -0.2) is 84.9 Å². The number of carbonyl (C=O) groups is 1. The highest BCUT2D eigenvalue weighted by molar-refractivity contribution is 5.87. The number of rotatable bonds is 6. The maximum absolute atomic E-state index is 10.8. The molecule has 142 valence electrons. The quantitative estimate of drug-likeness (QED) is 0.572. The predicted octanol–water partition coefficient (Wildman–Crippen LogP) is 0.739. The molecule has 1 aromatic heterocycles. The van der Waals surface area contributed by atoms with Gasteiger partial charge in [-0.25, -0.2) is 0 Å². The Morgan fingerprint density at radius 1 is 1.26 bits per heavy atom. The predicted molar refractivity (Wildman–Crippen MR) is 102 cm³/mol. The summed E-state index contributed by atoms with van der Waals surface area (Å²) in [4.78, 5) is 21.3. The summed E-state index contributed by atoms with van der Waals surface area (Å²) in [6, 6.07) is 6.12. The SMILES string of the molecule is CN1CC(Nc2cc(-c3nc(N4CCN(C=O)CC4)no3)ccc2C=N)C1. The number of nitrogens with zero attached hydrogens (tertiary/aromatic N) is 5. The van der Waals surface area contributed by atoms with Crippen LogP contribution in [0.4, 0.5) is 11.6 Å². The van der Waals surface area contributed by atoms with Crippen LogP contribution >= 0.6 is 0 Å². The van der Waals surface area contributed by atoms with Crippen molar-refractivity contribution in [2.75, 3.05) is 56.5 Å². The largest absolute Gasteiger partial charge is 0.379 e. The van der Waals surface area contributed by atoms with Crippen molar-refractivity contribution in [2.45, 2.75) is 6.04 Å². The van der Waals surface area contributed by atoms with Crippen LogP contribution in [0.15, 0.2) is 22.7 Å². The summed E-state index contributed by atoms with van der Waals surface area (Å²) in [5.41, 5.74) is 2.55. The lowest BCUT2D eigenvalue weighted by molar-refractivity contribution is -0.118. The van der Waals surface area contributed by atoms with Crippen molar-refractivity contribution in [3.8, 4) is 11.5 Å². The highest BCUT2D eigenvalue weighted by Crippen LogP contribution is 2.27. The summed E-state index contributed by atoms with van der Waals surface area (Å²) in [7, 11) is 2.08. The highest BCUT2D eigenvalue weighted by Gasteiger charge is 2.24. The van der Waals surface area contributed by atoms with Crippen LogP contribution in [0.25, 0.3) is 11.5 Å². The van der Waals surface area contributed by atoms with Crippen molar-refractivity contribution < 1.29 is 9.32 Å². The van der Waals surface area contributed by atoms with Crippen LogP contribution in [0.1, 0.15) is 5.56 Å². The molecule has 2 N–H and O–H groups in total. The molecule has 2 fully saturated rings. The molecule has 4 rings (SSSR count). The topological polar surface area (TPSA) is 102 Å². The van der Waals surface area contributed by atoms with Crippen LogP contribution in [0.3, 0.4) is 0 Å². The number of hydrogen-bond acceptors (Lipinski definition) is 8. The van der Waals surface area contributed by atoms with Crippen LogP contribution in [0.5, 0.6) is 0 Å². The minimum Gasteiger partial charge on any atom is -0.379 e. The maximum Gasteiger partial charge on any atom is 0.266 e. The Morgan fingerprint density at radius 2 is 2.04 bits per heavy atom. The van der Waals surface area contributed by atoms with Crippen LogP contribution < -0.4 is 10.2 Å². The van der Waals surface area contributed by atoms with E-state index in [1.54, 1.807) is 4.90 Å². The minimum atomic E-state index is 0.385. The molecule has 0 bridgehead atoms. The second-order valence-electron chi connectivity index (χ2n) is 7.04. The standard InChI is InChI=1S/C18H23N7O2/c1-23-10-15(11-23)20-16-8-13(2-3-14(16)9-19)17-21-18(22-27-17)25-6-4-24(12-26)5-7-25/h2-3,8-9,12,15,19-20H,4-7,10-11H2,1H3. The van der Waals surface area contributed by atoms with Crippen molar-refractivity contribution in [3.05, 3.63) is 23.8 Å². The van der Waals surface area contributed by atoms with Crippen molar-refractivity contribution in [2.24, 2.45) is 0 Å². The van der Waals surface area contributed by atoms with E-state index in [1.807, 2.05) is 23.1 Å². The van der Waals surface area contributed by atoms with Gasteiger partial charge in [-0.2, -0.15) is 4.98 Å². The van der Waals surface area contributed by atoms with E-state index in [9.17, 15) is 4.79 Å². The average Bonchev–Trinajstić information content (AvgIpc) is 3.17. The number of benzene rings is 1. The van der Waals surface area contributed by atoms with E-state index in [2.05, 4.69) is 27.4 Å². The van der Waals surface area contributed by atoms with E-state index in [1.165, 1.54) is 6.21 Å². The molecule has 2 aliphatic heterocycles. The summed E-state index contributed by atoms with van der Waals surface area (Å²) in [5, 5.41) is 15.2. The molecule has 27 heavy (non-hydrogen) atoms. The number of likely N-dealkylation sites (tertiary alicyclic amines) is 1. The lowest BCUT2D eigenvalue weighted by Gasteiger charge is -2.37. The molecule has 0 saturated carbocycles. The molecule has 0 aliphatic carbocycles. The molecule has 9 heteroatoms. The molecule has 1 amide bonds. The zero-order valence-corrected chi connectivity index (χ0v) is 15.3. The summed E-state index contributed by atoms with van der Waals surface area (Å²) < 4.78 is 5.47. The molecule has 0 unspecified atom stereocenters. The van der Waals surface area contributed by atoms with Crippen LogP contribution in [0, 0.1) is 5.41 Å². The van der Waals surface area contributed by atoms with Gasteiger partial charge in [0, 0.05) is 62.3 Å². The van der Waals surface area contributed by atoms with Gasteiger partial charge in [-0.15, -0.1) is 0 Å². The average molecular weight is 369 g/mol. The van der Waals surface area contributed by atoms with E-state index in [0.29, 0.717) is 44.1 Å². The van der Waals surface area contributed by atoms with E-state index in [0.717, 1.165) is 36.3 Å². The number of amides is 1. The number of hydrogen-bond donors (Lipinski definition) is 2. The zero-order chi connectivity index (χ0) is 18.8. The van der Waals surface area contributed by atoms with Crippen molar-refractivity contribution >= 4 is 24.3 Å². The fourth-order valence-corrected chi connectivity index (χ4v) is 3.44. The number of aromatic nitrogens is 2. The first-order chi connectivity index (χ1) is 13.2. The fraction of sp³-hybridized carbons (Fsp3) is 0.444. The van der Waals surface area contributed by atoms with Gasteiger partial charge >= 0.3 is 0 Å². The molecule has 0 atom stereocenters. The Kier molecular flexibility index (Phi) is 4.76. The van der Waals surface area contributed by atoms with Crippen molar-refractivity contribution in [1.29, 1.82) is 5.41 Å². The lowest BCUT2D eigenvalue weighted by Crippen LogP contribution is -2.52. The van der Waals surface area contributed by atoms with E-state index >= 15 is 0 Å². The van der Waals surface area contributed by atoms with Gasteiger partial charge in [0.2, 0.25) is 6.41 Å². The highest BCUT2D eigenvalue weighted by atomic mass is 16.5. The first-order valence-electron chi connectivity index (χ1n) is 9.04. The number of likely N-dealkylation sites (N-methyl/N-ethyl adjacent to an activating group) is 1. The Morgan fingerprint density at radius 3 is 2.70 bits per heavy atom. The second-order valence-corrected chi connectivity index (χ2v) is 7.04. The normalized spacial score (nSPS) is 18.3. The van der Waals surface area contributed by atoms with Crippen molar-refractivity contribution in [3.63, 3.8) is 0 Å². The van der Waals surface area contributed by atoms with Crippen LogP contribution in [0.2, 0.25) is 0 Å². The third-order valence-corrected chi connectivity index (χ3v) is 5.04. The monoisotopic (exact) mass is 369 g/mol. The van der Waals surface area contributed by atoms with Gasteiger partial charge in [-0.1, -0.05) is 6.07 Å². The molecular formula is C18H23N7O2. The number of anilines is 2. The van der Waals surface area contributed by atoms with Crippen molar-refractivity contribution in [1.82, 2.24) is 19.9 Å². The van der Waals surface area contributed by atoms with Gasteiger partial charge in [-0.3, -0.25) is 4.79 Å². The Hall–Kier alpha value is -2.94. The maximum atomic E-state index is 10.8. The van der Waals surface area contributed by atoms with Crippen LogP contribution in [-0.2, 0) is 4.79 Å². The molecule has 1 aromatic carbocycles. The molecule has 0 radical (unpaired) electrons. The third-order valence-electron chi connectivity index (χ3n) is 5.04. The molecule has 9 nitrogen and oxygen atoms in total. The fourth-order valence-electron chi connectivity index (χ4n) is 3.44. The molecule has 3 heterocycles. The molecule has 2 aliphatic rings. The van der Waals surface area contributed by atoms with Gasteiger partial charge < -0.3 is 29.9 Å². The first kappa shape index (κ1) is 17.5. The second kappa shape index (κ2) is 7.36. The third kappa shape index (κ3) is 3.63. The van der Waals surface area contributed by atoms with Gasteiger partial charge in [0.15, 0.2) is 0 Å². The summed E-state index contributed by atoms with van der Waals surface area (Å²) in [6.45, 7) is 4.66. The summed E-state index contributed by atoms with van der Waals surface area (Å²) >= 11 is 0. The molecule has 2 aromatic rings. The van der Waals surface area contributed by atoms with Gasteiger partial charge in [-0.05, 0) is 24.3 Å². The number of piperazine rings is 1. The van der Waals surface area contributed by atoms with Gasteiger partial charge in [0.1, 0.15) is 0 Å². The Labute approximate surface area is 157 Å². The van der Waals surface area contributed by atoms with E-state index in [-0.39, 0.29) is 0 Å². The Bertz CT molecular complexity index is 823. The van der Waals surface area contributed by atoms with E-state index in [4.69, 9.17) is 9.93 Å². The number of nitrogens with one attached hydrogen (secondary N) is 2. The van der Waals surface area contributed by atoms with E-state index < -0.39 is 0 Å².